The van der Waals surface area contributed by atoms with Crippen LogP contribution < -0.4 is 5.32 Å². The zero-order chi connectivity index (χ0) is 17.5. The molecule has 0 atom stereocenters. The number of carbonyl (C=O) groups excluding carboxylic acids is 1. The second-order valence-corrected chi connectivity index (χ2v) is 7.28. The summed E-state index contributed by atoms with van der Waals surface area (Å²) in [5, 5.41) is 2.55. The number of likely N-dealkylation sites (tertiary alicyclic amines) is 1. The van der Waals surface area contributed by atoms with Gasteiger partial charge in [-0.2, -0.15) is 0 Å². The number of nitrogens with one attached hydrogen (secondary N) is 1. The summed E-state index contributed by atoms with van der Waals surface area (Å²) in [5.74, 6) is -3.20. The Kier molecular flexibility index (Phi) is 4.56. The molecular formula is C17H15F3IN2O+. The third kappa shape index (κ3) is 3.02. The van der Waals surface area contributed by atoms with Gasteiger partial charge in [-0.25, -0.2) is 18.0 Å². The molecule has 1 fully saturated rings. The number of nitrogens with zero attached hydrogens (tertiary/aromatic N) is 1. The van der Waals surface area contributed by atoms with Gasteiger partial charge in [-0.3, -0.25) is 4.48 Å². The van der Waals surface area contributed by atoms with Gasteiger partial charge in [0.1, 0.15) is 11.4 Å². The topological polar surface area (TPSA) is 29.1 Å². The Bertz CT molecular complexity index is 822. The molecule has 1 aliphatic rings. The quantitative estimate of drug-likeness (QED) is 0.557. The van der Waals surface area contributed by atoms with Crippen LogP contribution in [0.25, 0.3) is 0 Å². The number of carbonyl (C=O) groups is 1. The Hall–Kier alpha value is -1.61. The molecule has 1 aliphatic heterocycles. The average molecular weight is 447 g/mol. The minimum absolute atomic E-state index is 0.0137. The molecule has 2 aromatic rings. The van der Waals surface area contributed by atoms with Crippen molar-refractivity contribution in [3.8, 4) is 0 Å². The molecule has 1 saturated heterocycles. The van der Waals surface area contributed by atoms with Crippen molar-refractivity contribution >= 4 is 39.9 Å². The molecule has 1 N–H and O–H groups in total. The number of rotatable bonds is 3. The number of anilines is 2. The van der Waals surface area contributed by atoms with Gasteiger partial charge in [-0.15, -0.1) is 0 Å². The summed E-state index contributed by atoms with van der Waals surface area (Å²) >= 11 is 1.95. The van der Waals surface area contributed by atoms with Gasteiger partial charge in [0, 0.05) is 9.99 Å². The molecule has 126 valence electrons. The van der Waals surface area contributed by atoms with Crippen molar-refractivity contribution in [1.29, 1.82) is 0 Å². The highest BCUT2D eigenvalue weighted by molar-refractivity contribution is 14.1. The lowest BCUT2D eigenvalue weighted by Gasteiger charge is -2.39. The fraction of sp³-hybridized carbons (Fsp3) is 0.235. The molecule has 3 nitrogen and oxygen atoms in total. The molecule has 1 heterocycles. The van der Waals surface area contributed by atoms with Crippen molar-refractivity contribution in [3.05, 3.63) is 56.9 Å². The molecule has 3 rings (SSSR count). The van der Waals surface area contributed by atoms with Crippen LogP contribution in [0.15, 0.2) is 30.3 Å². The highest BCUT2D eigenvalue weighted by Gasteiger charge is 2.41. The first-order chi connectivity index (χ1) is 11.3. The van der Waals surface area contributed by atoms with Crippen LogP contribution in [-0.4, -0.2) is 30.5 Å². The summed E-state index contributed by atoms with van der Waals surface area (Å²) in [4.78, 5) is 12.7. The maximum Gasteiger partial charge on any atom is 0.347 e. The van der Waals surface area contributed by atoms with Crippen molar-refractivity contribution in [1.82, 2.24) is 0 Å². The van der Waals surface area contributed by atoms with Gasteiger partial charge in [0.15, 0.2) is 11.6 Å². The first kappa shape index (κ1) is 17.2. The summed E-state index contributed by atoms with van der Waals surface area (Å²) in [5.41, 5.74) is -0.319. The fourth-order valence-corrected chi connectivity index (χ4v) is 3.16. The Labute approximate surface area is 151 Å². The van der Waals surface area contributed by atoms with E-state index in [1.807, 2.05) is 22.6 Å². The van der Waals surface area contributed by atoms with Crippen molar-refractivity contribution in [2.24, 2.45) is 0 Å². The Morgan fingerprint density at radius 3 is 2.42 bits per heavy atom. The number of benzene rings is 2. The standard InChI is InChI=1S/C17H14F3IN2O/c1-23(7-2-8-23)17(24)11-4-5-12(18)15(20)16(11)22-14-6-3-10(21)9-13(14)19/h3-6,9H,2,7-8H2,1H3/p+1. The van der Waals surface area contributed by atoms with E-state index in [9.17, 15) is 18.0 Å². The predicted octanol–water partition coefficient (Wildman–Crippen LogP) is 4.44. The van der Waals surface area contributed by atoms with E-state index in [0.29, 0.717) is 16.7 Å². The van der Waals surface area contributed by atoms with Crippen LogP contribution in [0, 0.1) is 21.0 Å². The van der Waals surface area contributed by atoms with Crippen LogP contribution >= 0.6 is 22.6 Å². The summed E-state index contributed by atoms with van der Waals surface area (Å²) in [6.07, 6.45) is 0.903. The third-order valence-corrected chi connectivity index (χ3v) is 4.98. The summed E-state index contributed by atoms with van der Waals surface area (Å²) in [6.45, 7) is 1.30. The van der Waals surface area contributed by atoms with Crippen molar-refractivity contribution < 1.29 is 22.4 Å². The molecule has 24 heavy (non-hydrogen) atoms. The van der Waals surface area contributed by atoms with E-state index < -0.39 is 17.5 Å². The molecule has 7 heteroatoms. The minimum Gasteiger partial charge on any atom is -0.350 e. The van der Waals surface area contributed by atoms with Crippen LogP contribution in [0.5, 0.6) is 0 Å². The normalized spacial score (nSPS) is 15.7. The van der Waals surface area contributed by atoms with E-state index >= 15 is 0 Å². The number of halogens is 4. The second kappa shape index (κ2) is 6.36. The SMILES string of the molecule is C[N+]1(C(=O)c2ccc(F)c(F)c2Nc2ccc(I)cc2F)CCC1. The van der Waals surface area contributed by atoms with Gasteiger partial charge in [-0.05, 0) is 52.9 Å². The van der Waals surface area contributed by atoms with E-state index in [1.54, 1.807) is 13.1 Å². The maximum absolute atomic E-state index is 14.3. The van der Waals surface area contributed by atoms with Crippen molar-refractivity contribution in [3.63, 3.8) is 0 Å². The van der Waals surface area contributed by atoms with Gasteiger partial charge >= 0.3 is 5.91 Å². The molecule has 1 amide bonds. The fourth-order valence-electron chi connectivity index (χ4n) is 2.70. The average Bonchev–Trinajstić information content (AvgIpc) is 2.51. The van der Waals surface area contributed by atoms with Gasteiger partial charge in [-0.1, -0.05) is 0 Å². The van der Waals surface area contributed by atoms with Crippen molar-refractivity contribution in [2.75, 3.05) is 25.5 Å². The largest absolute Gasteiger partial charge is 0.350 e. The van der Waals surface area contributed by atoms with E-state index in [4.69, 9.17) is 0 Å². The number of hydrogen-bond acceptors (Lipinski definition) is 2. The van der Waals surface area contributed by atoms with Gasteiger partial charge in [0.25, 0.3) is 0 Å². The number of hydrogen-bond donors (Lipinski definition) is 1. The van der Waals surface area contributed by atoms with Crippen LogP contribution in [0.4, 0.5) is 24.5 Å². The second-order valence-electron chi connectivity index (χ2n) is 6.03. The summed E-state index contributed by atoms with van der Waals surface area (Å²) in [6, 6.07) is 6.49. The smallest absolute Gasteiger partial charge is 0.347 e. The highest BCUT2D eigenvalue weighted by Crippen LogP contribution is 2.32. The summed E-state index contributed by atoms with van der Waals surface area (Å²) < 4.78 is 42.8. The number of quaternary nitrogens is 1. The minimum atomic E-state index is -1.19. The zero-order valence-electron chi connectivity index (χ0n) is 12.9. The van der Waals surface area contributed by atoms with Gasteiger partial charge < -0.3 is 5.32 Å². The molecule has 0 spiro atoms. The monoisotopic (exact) mass is 447 g/mol. The van der Waals surface area contributed by atoms with E-state index in [0.717, 1.165) is 12.5 Å². The van der Waals surface area contributed by atoms with E-state index in [2.05, 4.69) is 5.32 Å². The molecular weight excluding hydrogens is 432 g/mol. The lowest BCUT2D eigenvalue weighted by atomic mass is 10.0. The van der Waals surface area contributed by atoms with E-state index in [-0.39, 0.29) is 27.3 Å². The zero-order valence-corrected chi connectivity index (χ0v) is 15.0. The molecule has 0 aliphatic carbocycles. The van der Waals surface area contributed by atoms with Gasteiger partial charge in [0.2, 0.25) is 0 Å². The maximum atomic E-state index is 14.3. The van der Waals surface area contributed by atoms with Crippen LogP contribution in [-0.2, 0) is 0 Å². The molecule has 0 unspecified atom stereocenters. The van der Waals surface area contributed by atoms with Crippen LogP contribution in [0.2, 0.25) is 0 Å². The summed E-state index contributed by atoms with van der Waals surface area (Å²) in [7, 11) is 1.75. The lowest BCUT2D eigenvalue weighted by molar-refractivity contribution is -0.868. The van der Waals surface area contributed by atoms with Gasteiger partial charge in [0.05, 0.1) is 31.5 Å². The molecule has 0 aromatic heterocycles. The molecule has 0 saturated carbocycles. The first-order valence-corrected chi connectivity index (χ1v) is 8.49. The first-order valence-electron chi connectivity index (χ1n) is 7.41. The van der Waals surface area contributed by atoms with Crippen LogP contribution in [0.1, 0.15) is 16.8 Å². The molecule has 2 aromatic carbocycles. The highest BCUT2D eigenvalue weighted by atomic mass is 127. The molecule has 0 radical (unpaired) electrons. The van der Waals surface area contributed by atoms with Crippen LogP contribution in [0.3, 0.4) is 0 Å². The Balaban J connectivity index is 2.05. The molecule has 0 bridgehead atoms. The van der Waals surface area contributed by atoms with E-state index in [1.165, 1.54) is 18.2 Å². The lowest BCUT2D eigenvalue weighted by Crippen LogP contribution is -2.58. The Morgan fingerprint density at radius 1 is 1.12 bits per heavy atom. The number of amides is 1. The third-order valence-electron chi connectivity index (χ3n) is 4.31. The van der Waals surface area contributed by atoms with Crippen molar-refractivity contribution in [2.45, 2.75) is 6.42 Å². The Morgan fingerprint density at radius 2 is 1.83 bits per heavy atom. The predicted molar refractivity (Wildman–Crippen MR) is 93.6 cm³/mol.